The van der Waals surface area contributed by atoms with Crippen LogP contribution in [0.3, 0.4) is 0 Å². The predicted molar refractivity (Wildman–Crippen MR) is 125 cm³/mol. The summed E-state index contributed by atoms with van der Waals surface area (Å²) < 4.78 is 11.5. The Morgan fingerprint density at radius 2 is 1.74 bits per heavy atom. The number of hydrogen-bond donors (Lipinski definition) is 1. The molecule has 0 atom stereocenters. The largest absolute Gasteiger partial charge is 0.381 e. The van der Waals surface area contributed by atoms with Crippen molar-refractivity contribution in [3.63, 3.8) is 0 Å². The second-order valence-corrected chi connectivity index (χ2v) is 8.15. The first-order valence-corrected chi connectivity index (χ1v) is 11.3. The molecule has 0 saturated carbocycles. The van der Waals surface area contributed by atoms with Crippen molar-refractivity contribution >= 4 is 11.6 Å². The minimum Gasteiger partial charge on any atom is -0.381 e. The Hall–Kier alpha value is -2.57. The molecule has 0 spiro atoms. The average Bonchev–Trinajstić information content (AvgIpc) is 2.85. The first-order valence-electron chi connectivity index (χ1n) is 11.3. The Bertz CT molecular complexity index is 828. The second kappa shape index (κ2) is 11.2. The molecule has 2 saturated heterocycles. The molecule has 0 unspecified atom stereocenters. The third kappa shape index (κ3) is 6.21. The molecule has 2 aromatic carbocycles. The fraction of sp³-hybridized carbons (Fsp3) is 0.480. The summed E-state index contributed by atoms with van der Waals surface area (Å²) in [4.78, 5) is 9.30. The third-order valence-corrected chi connectivity index (χ3v) is 6.01. The van der Waals surface area contributed by atoms with Gasteiger partial charge in [0.1, 0.15) is 0 Å². The van der Waals surface area contributed by atoms with Gasteiger partial charge < -0.3 is 24.6 Å². The lowest BCUT2D eigenvalue weighted by Crippen LogP contribution is -2.52. The maximum Gasteiger partial charge on any atom is 0.194 e. The monoisotopic (exact) mass is 422 g/mol. The van der Waals surface area contributed by atoms with Crippen molar-refractivity contribution in [3.05, 3.63) is 65.7 Å². The molecule has 0 aliphatic carbocycles. The van der Waals surface area contributed by atoms with Crippen LogP contribution in [0.15, 0.2) is 59.6 Å². The summed E-state index contributed by atoms with van der Waals surface area (Å²) in [5.74, 6) is 0.969. The fourth-order valence-corrected chi connectivity index (χ4v) is 4.21. The van der Waals surface area contributed by atoms with Gasteiger partial charge in [0.05, 0.1) is 12.7 Å². The molecule has 166 valence electrons. The number of anilines is 1. The first kappa shape index (κ1) is 21.7. The highest BCUT2D eigenvalue weighted by Gasteiger charge is 2.19. The van der Waals surface area contributed by atoms with Crippen molar-refractivity contribution in [2.24, 2.45) is 4.99 Å². The molecule has 6 nitrogen and oxygen atoms in total. The Kier molecular flexibility index (Phi) is 7.80. The second-order valence-electron chi connectivity index (χ2n) is 8.15. The Morgan fingerprint density at radius 1 is 1.00 bits per heavy atom. The van der Waals surface area contributed by atoms with E-state index in [0.29, 0.717) is 12.7 Å². The van der Waals surface area contributed by atoms with E-state index in [4.69, 9.17) is 9.47 Å². The lowest BCUT2D eigenvalue weighted by atomic mass is 10.1. The van der Waals surface area contributed by atoms with Crippen LogP contribution in [0.25, 0.3) is 0 Å². The lowest BCUT2D eigenvalue weighted by molar-refractivity contribution is -0.0390. The van der Waals surface area contributed by atoms with Gasteiger partial charge in [0.25, 0.3) is 0 Å². The van der Waals surface area contributed by atoms with E-state index in [-0.39, 0.29) is 0 Å². The van der Waals surface area contributed by atoms with Gasteiger partial charge in [-0.25, -0.2) is 0 Å². The zero-order chi connectivity index (χ0) is 21.3. The summed E-state index contributed by atoms with van der Waals surface area (Å²) in [5.41, 5.74) is 3.76. The van der Waals surface area contributed by atoms with Crippen molar-refractivity contribution in [2.45, 2.75) is 32.1 Å². The molecule has 2 aromatic rings. The minimum atomic E-state index is 0.323. The quantitative estimate of drug-likeness (QED) is 0.572. The molecular weight excluding hydrogens is 388 g/mol. The zero-order valence-corrected chi connectivity index (χ0v) is 18.5. The smallest absolute Gasteiger partial charge is 0.194 e. The molecule has 0 amide bonds. The summed E-state index contributed by atoms with van der Waals surface area (Å²) in [6.07, 6.45) is 2.31. The van der Waals surface area contributed by atoms with Crippen LogP contribution in [0.2, 0.25) is 0 Å². The molecule has 31 heavy (non-hydrogen) atoms. The average molecular weight is 423 g/mol. The highest BCUT2D eigenvalue weighted by Crippen LogP contribution is 2.16. The van der Waals surface area contributed by atoms with Crippen LogP contribution < -0.4 is 10.2 Å². The topological polar surface area (TPSA) is 49.3 Å². The van der Waals surface area contributed by atoms with Crippen LogP contribution in [0.4, 0.5) is 5.69 Å². The molecule has 1 N–H and O–H groups in total. The van der Waals surface area contributed by atoms with E-state index in [0.717, 1.165) is 64.7 Å². The van der Waals surface area contributed by atoms with Gasteiger partial charge in [0, 0.05) is 58.7 Å². The number of nitrogens with zero attached hydrogens (tertiary/aromatic N) is 3. The highest BCUT2D eigenvalue weighted by atomic mass is 16.5. The van der Waals surface area contributed by atoms with Crippen LogP contribution in [0.1, 0.15) is 24.0 Å². The van der Waals surface area contributed by atoms with Gasteiger partial charge in [0.2, 0.25) is 0 Å². The molecule has 0 radical (unpaired) electrons. The maximum absolute atomic E-state index is 6.08. The van der Waals surface area contributed by atoms with E-state index in [1.165, 1.54) is 16.8 Å². The third-order valence-electron chi connectivity index (χ3n) is 6.01. The number of guanidine groups is 1. The van der Waals surface area contributed by atoms with Crippen LogP contribution in [-0.2, 0) is 22.6 Å². The lowest BCUT2D eigenvalue weighted by Gasteiger charge is -2.37. The van der Waals surface area contributed by atoms with E-state index in [2.05, 4.69) is 74.7 Å². The van der Waals surface area contributed by atoms with Gasteiger partial charge in [-0.2, -0.15) is 0 Å². The molecule has 2 aliphatic heterocycles. The summed E-state index contributed by atoms with van der Waals surface area (Å²) in [5, 5.41) is 3.54. The zero-order valence-electron chi connectivity index (χ0n) is 18.5. The summed E-state index contributed by atoms with van der Waals surface area (Å²) in [6.45, 7) is 6.99. The van der Waals surface area contributed by atoms with Crippen molar-refractivity contribution in [1.82, 2.24) is 10.2 Å². The Balaban J connectivity index is 1.25. The maximum atomic E-state index is 6.08. The van der Waals surface area contributed by atoms with Crippen LogP contribution in [0.5, 0.6) is 0 Å². The van der Waals surface area contributed by atoms with Crippen molar-refractivity contribution in [3.8, 4) is 0 Å². The van der Waals surface area contributed by atoms with Gasteiger partial charge >= 0.3 is 0 Å². The van der Waals surface area contributed by atoms with E-state index in [9.17, 15) is 0 Å². The number of benzene rings is 2. The normalized spacial score (nSPS) is 18.3. The number of para-hydroxylation sites is 1. The number of hydrogen-bond acceptors (Lipinski definition) is 4. The molecule has 2 aliphatic rings. The number of aliphatic imine (C=N–C) groups is 1. The van der Waals surface area contributed by atoms with E-state index >= 15 is 0 Å². The van der Waals surface area contributed by atoms with Gasteiger partial charge in [-0.15, -0.1) is 0 Å². The molecule has 0 aromatic heterocycles. The molecule has 2 heterocycles. The highest BCUT2D eigenvalue weighted by molar-refractivity contribution is 5.80. The summed E-state index contributed by atoms with van der Waals surface area (Å²) >= 11 is 0. The van der Waals surface area contributed by atoms with E-state index in [1.807, 2.05) is 7.05 Å². The summed E-state index contributed by atoms with van der Waals surface area (Å²) in [7, 11) is 1.87. The molecular formula is C25H34N4O2. The van der Waals surface area contributed by atoms with Crippen molar-refractivity contribution in [2.75, 3.05) is 51.3 Å². The Labute approximate surface area is 185 Å². The Morgan fingerprint density at radius 3 is 2.48 bits per heavy atom. The van der Waals surface area contributed by atoms with Gasteiger partial charge in [-0.05, 0) is 36.1 Å². The van der Waals surface area contributed by atoms with Gasteiger partial charge in [-0.3, -0.25) is 4.99 Å². The molecule has 2 fully saturated rings. The van der Waals surface area contributed by atoms with Crippen molar-refractivity contribution in [1.29, 1.82) is 0 Å². The van der Waals surface area contributed by atoms with Gasteiger partial charge in [0.15, 0.2) is 5.96 Å². The van der Waals surface area contributed by atoms with Crippen LogP contribution >= 0.6 is 0 Å². The minimum absolute atomic E-state index is 0.323. The van der Waals surface area contributed by atoms with E-state index in [1.54, 1.807) is 0 Å². The van der Waals surface area contributed by atoms with E-state index < -0.39 is 0 Å². The molecule has 0 bridgehead atoms. The fourth-order valence-electron chi connectivity index (χ4n) is 4.21. The van der Waals surface area contributed by atoms with Gasteiger partial charge in [-0.1, -0.05) is 42.5 Å². The standard InChI is InChI=1S/C25H34N4O2/c1-26-25(29-14-12-28(13-15-29)23-8-3-2-4-9-23)27-19-21-6-5-7-22(18-21)20-31-24-10-16-30-17-11-24/h2-9,18,24H,10-17,19-20H2,1H3,(H,26,27). The molecule has 4 rings (SSSR count). The number of nitrogens with one attached hydrogen (secondary N) is 1. The molecule has 6 heteroatoms. The number of piperazine rings is 1. The predicted octanol–water partition coefficient (Wildman–Crippen LogP) is 3.28. The van der Waals surface area contributed by atoms with Crippen LogP contribution in [0, 0.1) is 0 Å². The first-order chi connectivity index (χ1) is 15.3. The van der Waals surface area contributed by atoms with Crippen molar-refractivity contribution < 1.29 is 9.47 Å². The van der Waals surface area contributed by atoms with Crippen LogP contribution in [-0.4, -0.2) is 63.4 Å². The number of ether oxygens (including phenoxy) is 2. The number of rotatable bonds is 6. The summed E-state index contributed by atoms with van der Waals surface area (Å²) in [6, 6.07) is 19.3. The SMILES string of the molecule is CN=C(NCc1cccc(COC2CCOCC2)c1)N1CCN(c2ccccc2)CC1.